The van der Waals surface area contributed by atoms with Crippen LogP contribution in [0.15, 0.2) is 60.8 Å². The summed E-state index contributed by atoms with van der Waals surface area (Å²) in [4.78, 5) is 29.3. The van der Waals surface area contributed by atoms with Crippen LogP contribution in [0.3, 0.4) is 0 Å². The molecule has 3 aromatic rings. The molecule has 8 heteroatoms. The maximum Gasteiger partial charge on any atom is 0.323 e. The molecule has 1 aliphatic heterocycles. The lowest BCUT2D eigenvalue weighted by atomic mass is 10.1. The SMILES string of the molecule is Cc1ccc(-n2cc(N)c(NC(=O)N3CCN(C(=O)[C@@H]4C[C@H]4c4ccccc4)CC3)n2)cc1. The van der Waals surface area contributed by atoms with Gasteiger partial charge in [-0.25, -0.2) is 9.48 Å². The lowest BCUT2D eigenvalue weighted by Gasteiger charge is -2.34. The molecule has 1 saturated heterocycles. The molecule has 2 aliphatic rings. The maximum absolute atomic E-state index is 12.9. The fourth-order valence-electron chi connectivity index (χ4n) is 4.40. The summed E-state index contributed by atoms with van der Waals surface area (Å²) in [6.07, 6.45) is 2.60. The third-order valence-electron chi connectivity index (χ3n) is 6.48. The van der Waals surface area contributed by atoms with Crippen LogP contribution in [0.1, 0.15) is 23.5 Å². The largest absolute Gasteiger partial charge is 0.394 e. The monoisotopic (exact) mass is 444 g/mol. The van der Waals surface area contributed by atoms with E-state index in [1.165, 1.54) is 5.56 Å². The Labute approximate surface area is 193 Å². The summed E-state index contributed by atoms with van der Waals surface area (Å²) in [5, 5.41) is 7.24. The van der Waals surface area contributed by atoms with Crippen molar-refractivity contribution in [1.29, 1.82) is 0 Å². The normalized spacial score (nSPS) is 19.9. The molecule has 8 nitrogen and oxygen atoms in total. The van der Waals surface area contributed by atoms with Crippen molar-refractivity contribution in [2.45, 2.75) is 19.3 Å². The molecule has 1 saturated carbocycles. The van der Waals surface area contributed by atoms with Crippen LogP contribution in [-0.4, -0.2) is 57.7 Å². The second kappa shape index (κ2) is 8.61. The summed E-state index contributed by atoms with van der Waals surface area (Å²) in [6.45, 7) is 4.07. The third kappa shape index (κ3) is 4.41. The number of nitrogens with two attached hydrogens (primary N) is 1. The van der Waals surface area contributed by atoms with Gasteiger partial charge in [0, 0.05) is 32.1 Å². The Morgan fingerprint density at radius 2 is 1.64 bits per heavy atom. The molecular formula is C25H28N6O2. The molecule has 33 heavy (non-hydrogen) atoms. The number of carbonyl (C=O) groups is 2. The lowest BCUT2D eigenvalue weighted by Crippen LogP contribution is -2.52. The number of hydrogen-bond acceptors (Lipinski definition) is 4. The Morgan fingerprint density at radius 1 is 0.970 bits per heavy atom. The van der Waals surface area contributed by atoms with Crippen LogP contribution in [0.25, 0.3) is 5.69 Å². The maximum atomic E-state index is 12.9. The lowest BCUT2D eigenvalue weighted by molar-refractivity contribution is -0.134. The quantitative estimate of drug-likeness (QED) is 0.646. The number of nitrogens with zero attached hydrogens (tertiary/aromatic N) is 4. The molecule has 0 bridgehead atoms. The number of aromatic nitrogens is 2. The highest BCUT2D eigenvalue weighted by molar-refractivity contribution is 5.91. The van der Waals surface area contributed by atoms with Crippen molar-refractivity contribution in [3.63, 3.8) is 0 Å². The number of anilines is 2. The number of piperazine rings is 1. The van der Waals surface area contributed by atoms with Crippen molar-refractivity contribution >= 4 is 23.4 Å². The number of aryl methyl sites for hydroxylation is 1. The van der Waals surface area contributed by atoms with E-state index in [2.05, 4.69) is 22.5 Å². The van der Waals surface area contributed by atoms with Crippen molar-refractivity contribution < 1.29 is 9.59 Å². The second-order valence-electron chi connectivity index (χ2n) is 8.82. The molecule has 2 atom stereocenters. The predicted molar refractivity (Wildman–Crippen MR) is 127 cm³/mol. The number of benzene rings is 2. The van der Waals surface area contributed by atoms with Gasteiger partial charge in [-0.05, 0) is 37.0 Å². The van der Waals surface area contributed by atoms with Gasteiger partial charge in [0.2, 0.25) is 5.91 Å². The van der Waals surface area contributed by atoms with E-state index in [-0.39, 0.29) is 17.9 Å². The summed E-state index contributed by atoms with van der Waals surface area (Å²) in [6, 6.07) is 17.8. The van der Waals surface area contributed by atoms with Gasteiger partial charge in [0.1, 0.15) is 0 Å². The van der Waals surface area contributed by atoms with E-state index < -0.39 is 0 Å². The zero-order valence-corrected chi connectivity index (χ0v) is 18.6. The van der Waals surface area contributed by atoms with Crippen LogP contribution < -0.4 is 11.1 Å². The number of nitrogen functional groups attached to an aromatic ring is 1. The van der Waals surface area contributed by atoms with Gasteiger partial charge in [-0.15, -0.1) is 5.10 Å². The summed E-state index contributed by atoms with van der Waals surface area (Å²) < 4.78 is 1.65. The van der Waals surface area contributed by atoms with Crippen molar-refractivity contribution in [2.75, 3.05) is 37.2 Å². The van der Waals surface area contributed by atoms with Gasteiger partial charge >= 0.3 is 6.03 Å². The molecule has 1 aromatic heterocycles. The summed E-state index contributed by atoms with van der Waals surface area (Å²) in [7, 11) is 0. The smallest absolute Gasteiger partial charge is 0.323 e. The van der Waals surface area contributed by atoms with Crippen molar-refractivity contribution in [3.05, 3.63) is 71.9 Å². The Kier molecular flexibility index (Phi) is 5.50. The van der Waals surface area contributed by atoms with Gasteiger partial charge in [-0.3, -0.25) is 10.1 Å². The zero-order valence-electron chi connectivity index (χ0n) is 18.6. The number of urea groups is 1. The molecule has 3 N–H and O–H groups in total. The highest BCUT2D eigenvalue weighted by Crippen LogP contribution is 2.48. The average molecular weight is 445 g/mol. The standard InChI is InChI=1S/C25H28N6O2/c1-17-7-9-19(10-8-17)31-16-22(26)23(28-31)27-25(33)30-13-11-29(12-14-30)24(32)21-15-20(21)18-5-3-2-4-6-18/h2-10,16,20-21H,11-15,26H2,1H3,(H,27,28,33)/t20-,21+/m0/s1. The minimum absolute atomic E-state index is 0.0679. The van der Waals surface area contributed by atoms with Gasteiger partial charge in [-0.1, -0.05) is 48.0 Å². The molecule has 2 aromatic carbocycles. The summed E-state index contributed by atoms with van der Waals surface area (Å²) in [5.74, 6) is 0.928. The number of amides is 3. The minimum Gasteiger partial charge on any atom is -0.394 e. The van der Waals surface area contributed by atoms with Crippen LogP contribution in [0, 0.1) is 12.8 Å². The molecule has 2 heterocycles. The van der Waals surface area contributed by atoms with Crippen LogP contribution in [0.4, 0.5) is 16.3 Å². The minimum atomic E-state index is -0.253. The van der Waals surface area contributed by atoms with Gasteiger partial charge < -0.3 is 15.5 Å². The van der Waals surface area contributed by atoms with E-state index in [1.807, 2.05) is 54.3 Å². The number of nitrogens with one attached hydrogen (secondary N) is 1. The molecule has 2 fully saturated rings. The van der Waals surface area contributed by atoms with Crippen LogP contribution in [0.2, 0.25) is 0 Å². The van der Waals surface area contributed by atoms with Gasteiger partial charge in [0.25, 0.3) is 0 Å². The average Bonchev–Trinajstić information content (AvgIpc) is 3.57. The molecule has 5 rings (SSSR count). The number of carbonyl (C=O) groups excluding carboxylic acids is 2. The zero-order chi connectivity index (χ0) is 22.9. The topological polar surface area (TPSA) is 96.5 Å². The Bertz CT molecular complexity index is 1150. The van der Waals surface area contributed by atoms with Crippen molar-refractivity contribution in [1.82, 2.24) is 19.6 Å². The Morgan fingerprint density at radius 3 is 2.33 bits per heavy atom. The van der Waals surface area contributed by atoms with Crippen LogP contribution >= 0.6 is 0 Å². The summed E-state index contributed by atoms with van der Waals surface area (Å²) >= 11 is 0. The highest BCUT2D eigenvalue weighted by Gasteiger charge is 2.46. The second-order valence-corrected chi connectivity index (χ2v) is 8.82. The van der Waals surface area contributed by atoms with Gasteiger partial charge in [0.05, 0.1) is 17.6 Å². The highest BCUT2D eigenvalue weighted by atomic mass is 16.2. The van der Waals surface area contributed by atoms with Crippen molar-refractivity contribution in [3.8, 4) is 5.69 Å². The number of rotatable bonds is 4. The molecule has 170 valence electrons. The summed E-state index contributed by atoms with van der Waals surface area (Å²) in [5.41, 5.74) is 9.74. The first-order valence-electron chi connectivity index (χ1n) is 11.3. The van der Waals surface area contributed by atoms with Crippen LogP contribution in [-0.2, 0) is 4.79 Å². The van der Waals surface area contributed by atoms with E-state index in [0.717, 1.165) is 17.7 Å². The van der Waals surface area contributed by atoms with Gasteiger partial charge in [0.15, 0.2) is 5.82 Å². The van der Waals surface area contributed by atoms with E-state index >= 15 is 0 Å². The van der Waals surface area contributed by atoms with E-state index in [9.17, 15) is 9.59 Å². The molecule has 0 unspecified atom stereocenters. The first kappa shape index (κ1) is 21.1. The fourth-order valence-corrected chi connectivity index (χ4v) is 4.40. The first-order valence-corrected chi connectivity index (χ1v) is 11.3. The molecule has 0 spiro atoms. The Hall–Kier alpha value is -3.81. The first-order chi connectivity index (χ1) is 16.0. The molecule has 0 radical (unpaired) electrons. The van der Waals surface area contributed by atoms with E-state index in [0.29, 0.717) is 43.6 Å². The van der Waals surface area contributed by atoms with Crippen molar-refractivity contribution in [2.24, 2.45) is 5.92 Å². The van der Waals surface area contributed by atoms with Crippen LogP contribution in [0.5, 0.6) is 0 Å². The molecule has 3 amide bonds. The fraction of sp³-hybridized carbons (Fsp3) is 0.320. The van der Waals surface area contributed by atoms with Gasteiger partial charge in [-0.2, -0.15) is 0 Å². The third-order valence-corrected chi connectivity index (χ3v) is 6.48. The van der Waals surface area contributed by atoms with E-state index in [1.54, 1.807) is 15.8 Å². The number of hydrogen-bond donors (Lipinski definition) is 2. The van der Waals surface area contributed by atoms with E-state index in [4.69, 9.17) is 5.73 Å². The Balaban J connectivity index is 1.15. The molecule has 1 aliphatic carbocycles. The molecular weight excluding hydrogens is 416 g/mol. The predicted octanol–water partition coefficient (Wildman–Crippen LogP) is 3.24.